The van der Waals surface area contributed by atoms with Gasteiger partial charge in [0.25, 0.3) is 5.91 Å². The topological polar surface area (TPSA) is 100 Å². The van der Waals surface area contributed by atoms with Crippen molar-refractivity contribution < 1.29 is 14.4 Å². The first-order chi connectivity index (χ1) is 14.5. The Morgan fingerprint density at radius 2 is 1.57 bits per heavy atom. The van der Waals surface area contributed by atoms with Gasteiger partial charge >= 0.3 is 0 Å². The first-order valence-corrected chi connectivity index (χ1v) is 10.3. The van der Waals surface area contributed by atoms with Crippen molar-refractivity contribution in [2.45, 2.75) is 19.8 Å². The molecule has 0 aliphatic carbocycles. The molecule has 8 heteroatoms. The van der Waals surface area contributed by atoms with E-state index < -0.39 is 11.8 Å². The molecule has 0 fully saturated rings. The zero-order chi connectivity index (χ0) is 21.3. The van der Waals surface area contributed by atoms with Gasteiger partial charge in [-0.25, -0.2) is 4.98 Å². The molecule has 1 aromatic heterocycles. The summed E-state index contributed by atoms with van der Waals surface area (Å²) < 4.78 is 0. The number of rotatable bonds is 7. The Labute approximate surface area is 178 Å². The number of hydrogen-bond acceptors (Lipinski definition) is 5. The van der Waals surface area contributed by atoms with E-state index in [-0.39, 0.29) is 25.3 Å². The Hall–Kier alpha value is -3.52. The lowest BCUT2D eigenvalue weighted by molar-refractivity contribution is -0.122. The molecule has 0 bridgehead atoms. The van der Waals surface area contributed by atoms with Crippen molar-refractivity contribution in [1.82, 2.24) is 21.2 Å². The zero-order valence-corrected chi connectivity index (χ0v) is 17.3. The minimum atomic E-state index is -0.423. The quantitative estimate of drug-likeness (QED) is 0.510. The number of nitrogens with one attached hydrogen (secondary N) is 3. The second kappa shape index (κ2) is 10.3. The molecular weight excluding hydrogens is 400 g/mol. The molecule has 7 nitrogen and oxygen atoms in total. The van der Waals surface area contributed by atoms with Gasteiger partial charge in [0.1, 0.15) is 9.88 Å². The maximum absolute atomic E-state index is 12.4. The number of hydrogen-bond donors (Lipinski definition) is 3. The van der Waals surface area contributed by atoms with Crippen molar-refractivity contribution in [3.63, 3.8) is 0 Å². The minimum Gasteiger partial charge on any atom is -0.355 e. The molecule has 0 saturated heterocycles. The monoisotopic (exact) mass is 422 g/mol. The number of carbonyl (C=O) groups excluding carboxylic acids is 3. The molecule has 2 aromatic carbocycles. The summed E-state index contributed by atoms with van der Waals surface area (Å²) in [5.41, 5.74) is 7.20. The normalized spacial score (nSPS) is 10.3. The van der Waals surface area contributed by atoms with E-state index in [0.29, 0.717) is 10.6 Å². The van der Waals surface area contributed by atoms with Gasteiger partial charge in [0.15, 0.2) is 0 Å². The average molecular weight is 423 g/mol. The molecule has 154 valence electrons. The molecule has 0 spiro atoms. The fourth-order valence-corrected chi connectivity index (χ4v) is 3.68. The van der Waals surface area contributed by atoms with Crippen LogP contribution < -0.4 is 16.2 Å². The Morgan fingerprint density at radius 1 is 0.900 bits per heavy atom. The van der Waals surface area contributed by atoms with Crippen LogP contribution in [0.15, 0.2) is 60.7 Å². The lowest BCUT2D eigenvalue weighted by Crippen LogP contribution is -2.42. The van der Waals surface area contributed by atoms with Gasteiger partial charge in [0.2, 0.25) is 11.8 Å². The van der Waals surface area contributed by atoms with E-state index >= 15 is 0 Å². The number of nitrogens with zero attached hydrogens (tertiary/aromatic N) is 1. The number of amides is 3. The molecule has 0 aliphatic heterocycles. The van der Waals surface area contributed by atoms with Gasteiger partial charge in [-0.3, -0.25) is 25.2 Å². The highest BCUT2D eigenvalue weighted by molar-refractivity contribution is 7.17. The summed E-state index contributed by atoms with van der Waals surface area (Å²) in [6.45, 7) is 1.94. The third kappa shape index (κ3) is 5.99. The van der Waals surface area contributed by atoms with Crippen LogP contribution in [0.5, 0.6) is 0 Å². The van der Waals surface area contributed by atoms with Crippen LogP contribution >= 0.6 is 11.3 Å². The number of hydrazine groups is 1. The van der Waals surface area contributed by atoms with Crippen LogP contribution in [-0.4, -0.2) is 29.3 Å². The van der Waals surface area contributed by atoms with Crippen LogP contribution in [0.25, 0.3) is 10.6 Å². The molecule has 3 rings (SSSR count). The molecule has 1 heterocycles. The standard InChI is InChI=1S/C22H22N4O3S/c1-15-20(30-22(24-15)17-10-6-3-7-11-17)21(29)26-25-18(27)12-13-23-19(28)14-16-8-4-2-5-9-16/h2-11H,12-14H2,1H3,(H,23,28)(H,25,27)(H,26,29). The lowest BCUT2D eigenvalue weighted by Gasteiger charge is -2.08. The molecule has 3 N–H and O–H groups in total. The molecule has 3 aromatic rings. The van der Waals surface area contributed by atoms with Crippen LogP contribution in [0, 0.1) is 6.92 Å². The third-order valence-electron chi connectivity index (χ3n) is 4.22. The molecule has 0 unspecified atom stereocenters. The SMILES string of the molecule is Cc1nc(-c2ccccc2)sc1C(=O)NNC(=O)CCNC(=O)Cc1ccccc1. The van der Waals surface area contributed by atoms with Crippen molar-refractivity contribution in [3.05, 3.63) is 76.8 Å². The van der Waals surface area contributed by atoms with Crippen molar-refractivity contribution >= 4 is 29.1 Å². The number of aromatic nitrogens is 1. The first kappa shape index (κ1) is 21.2. The highest BCUT2D eigenvalue weighted by atomic mass is 32.1. The molecule has 0 radical (unpaired) electrons. The lowest BCUT2D eigenvalue weighted by atomic mass is 10.1. The second-order valence-electron chi connectivity index (χ2n) is 6.56. The van der Waals surface area contributed by atoms with Crippen LogP contribution in [-0.2, 0) is 16.0 Å². The number of benzene rings is 2. The Morgan fingerprint density at radius 3 is 2.27 bits per heavy atom. The maximum atomic E-state index is 12.4. The summed E-state index contributed by atoms with van der Waals surface area (Å²) in [6, 6.07) is 18.9. The summed E-state index contributed by atoms with van der Waals surface area (Å²) in [5, 5.41) is 3.43. The van der Waals surface area contributed by atoms with Gasteiger partial charge in [-0.2, -0.15) is 0 Å². The first-order valence-electron chi connectivity index (χ1n) is 9.45. The summed E-state index contributed by atoms with van der Waals surface area (Å²) in [6.07, 6.45) is 0.311. The van der Waals surface area contributed by atoms with E-state index in [1.807, 2.05) is 60.7 Å². The smallest absolute Gasteiger partial charge is 0.281 e. The molecule has 30 heavy (non-hydrogen) atoms. The molecule has 0 saturated carbocycles. The Balaban J connectivity index is 1.42. The van der Waals surface area contributed by atoms with Crippen molar-refractivity contribution in [1.29, 1.82) is 0 Å². The molecule has 3 amide bonds. The molecule has 0 aliphatic rings. The van der Waals surface area contributed by atoms with E-state index in [9.17, 15) is 14.4 Å². The average Bonchev–Trinajstić information content (AvgIpc) is 3.15. The van der Waals surface area contributed by atoms with Gasteiger partial charge < -0.3 is 5.32 Å². The van der Waals surface area contributed by atoms with Gasteiger partial charge in [-0.1, -0.05) is 60.7 Å². The van der Waals surface area contributed by atoms with Crippen LogP contribution in [0.1, 0.15) is 27.3 Å². The van der Waals surface area contributed by atoms with E-state index in [1.54, 1.807) is 6.92 Å². The number of carbonyl (C=O) groups is 3. The van der Waals surface area contributed by atoms with E-state index in [2.05, 4.69) is 21.2 Å². The van der Waals surface area contributed by atoms with Gasteiger partial charge in [-0.05, 0) is 12.5 Å². The summed E-state index contributed by atoms with van der Waals surface area (Å²) >= 11 is 1.26. The maximum Gasteiger partial charge on any atom is 0.281 e. The van der Waals surface area contributed by atoms with Gasteiger partial charge in [0.05, 0.1) is 12.1 Å². The fraction of sp³-hybridized carbons (Fsp3) is 0.182. The summed E-state index contributed by atoms with van der Waals surface area (Å²) in [5.74, 6) is -0.978. The van der Waals surface area contributed by atoms with Gasteiger partial charge in [0, 0.05) is 18.5 Å². The van der Waals surface area contributed by atoms with E-state index in [0.717, 1.165) is 16.1 Å². The number of aryl methyl sites for hydroxylation is 1. The van der Waals surface area contributed by atoms with Crippen LogP contribution in [0.4, 0.5) is 0 Å². The highest BCUT2D eigenvalue weighted by Gasteiger charge is 2.16. The highest BCUT2D eigenvalue weighted by Crippen LogP contribution is 2.27. The Bertz CT molecular complexity index is 1020. The summed E-state index contributed by atoms with van der Waals surface area (Å²) in [4.78, 5) is 41.1. The van der Waals surface area contributed by atoms with Crippen molar-refractivity contribution in [3.8, 4) is 10.6 Å². The number of thiazole rings is 1. The predicted molar refractivity (Wildman–Crippen MR) is 116 cm³/mol. The zero-order valence-electron chi connectivity index (χ0n) is 16.5. The minimum absolute atomic E-state index is 0.0533. The van der Waals surface area contributed by atoms with Crippen molar-refractivity contribution in [2.75, 3.05) is 6.54 Å². The third-order valence-corrected chi connectivity index (χ3v) is 5.43. The summed E-state index contributed by atoms with van der Waals surface area (Å²) in [7, 11) is 0. The second-order valence-corrected chi connectivity index (χ2v) is 7.56. The van der Waals surface area contributed by atoms with Crippen LogP contribution in [0.3, 0.4) is 0 Å². The predicted octanol–water partition coefficient (Wildman–Crippen LogP) is 2.63. The largest absolute Gasteiger partial charge is 0.355 e. The van der Waals surface area contributed by atoms with Gasteiger partial charge in [-0.15, -0.1) is 11.3 Å². The van der Waals surface area contributed by atoms with E-state index in [4.69, 9.17) is 0 Å². The molecule has 0 atom stereocenters. The fourth-order valence-electron chi connectivity index (χ4n) is 2.72. The van der Waals surface area contributed by atoms with Crippen molar-refractivity contribution in [2.24, 2.45) is 0 Å². The Kier molecular flexibility index (Phi) is 7.29. The van der Waals surface area contributed by atoms with E-state index in [1.165, 1.54) is 11.3 Å². The molecular formula is C22H22N4O3S. The van der Waals surface area contributed by atoms with Crippen LogP contribution in [0.2, 0.25) is 0 Å².